The standard InChI is InChI=1S/C29H49NO6/c1-9-25-18(2)12-10-11-13-24(31)20(4)16-21(5)28(19(3)14-15-26(32)35-25)36-29-27(33)23(30(7)8)17-22(6)34-29/h10-13,18-23,25,27-29,33H,9,14-17H2,1-8H3. The van der Waals surface area contributed by atoms with Crippen molar-refractivity contribution in [3.8, 4) is 0 Å². The van der Waals surface area contributed by atoms with E-state index in [1.54, 1.807) is 12.2 Å². The number of aliphatic hydroxyl groups excluding tert-OH is 1. The Bertz CT molecular complexity index is 765. The molecule has 7 nitrogen and oxygen atoms in total. The summed E-state index contributed by atoms with van der Waals surface area (Å²) in [5.41, 5.74) is 0. The number of cyclic esters (lactones) is 1. The summed E-state index contributed by atoms with van der Waals surface area (Å²) in [6.07, 6.45) is 8.08. The van der Waals surface area contributed by atoms with E-state index in [1.165, 1.54) is 0 Å². The number of rotatable bonds is 4. The first kappa shape index (κ1) is 30.7. The highest BCUT2D eigenvalue weighted by atomic mass is 16.7. The van der Waals surface area contributed by atoms with Gasteiger partial charge in [0, 0.05) is 24.3 Å². The van der Waals surface area contributed by atoms with E-state index in [2.05, 4.69) is 13.8 Å². The zero-order valence-electron chi connectivity index (χ0n) is 23.6. The molecule has 1 N–H and O–H groups in total. The zero-order chi connectivity index (χ0) is 27.0. The van der Waals surface area contributed by atoms with Gasteiger partial charge in [0.25, 0.3) is 0 Å². The van der Waals surface area contributed by atoms with E-state index in [4.69, 9.17) is 14.2 Å². The third-order valence-corrected chi connectivity index (χ3v) is 7.76. The Morgan fingerprint density at radius 2 is 1.75 bits per heavy atom. The molecule has 0 bridgehead atoms. The molecule has 36 heavy (non-hydrogen) atoms. The summed E-state index contributed by atoms with van der Waals surface area (Å²) >= 11 is 0. The van der Waals surface area contributed by atoms with Crippen LogP contribution in [0.15, 0.2) is 24.3 Å². The highest BCUT2D eigenvalue weighted by Crippen LogP contribution is 2.32. The number of hydrogen-bond acceptors (Lipinski definition) is 7. The summed E-state index contributed by atoms with van der Waals surface area (Å²) in [7, 11) is 3.90. The van der Waals surface area contributed by atoms with E-state index < -0.39 is 12.4 Å². The molecule has 1 saturated heterocycles. The topological polar surface area (TPSA) is 85.3 Å². The van der Waals surface area contributed by atoms with Crippen molar-refractivity contribution in [2.75, 3.05) is 14.1 Å². The Labute approximate surface area is 218 Å². The average molecular weight is 508 g/mol. The van der Waals surface area contributed by atoms with E-state index in [0.29, 0.717) is 19.3 Å². The van der Waals surface area contributed by atoms with Crippen LogP contribution in [-0.2, 0) is 23.8 Å². The fraction of sp³-hybridized carbons (Fsp3) is 0.793. The summed E-state index contributed by atoms with van der Waals surface area (Å²) in [5, 5.41) is 11.0. The second kappa shape index (κ2) is 14.4. The van der Waals surface area contributed by atoms with Gasteiger partial charge in [0.15, 0.2) is 12.1 Å². The molecule has 206 valence electrons. The molecule has 0 radical (unpaired) electrons. The van der Waals surface area contributed by atoms with Crippen molar-refractivity contribution < 1.29 is 28.9 Å². The van der Waals surface area contributed by atoms with E-state index in [1.807, 2.05) is 58.8 Å². The molecule has 1 fully saturated rings. The third-order valence-electron chi connectivity index (χ3n) is 7.76. The second-order valence-electron chi connectivity index (χ2n) is 11.2. The summed E-state index contributed by atoms with van der Waals surface area (Å²) in [5.74, 6) is -0.239. The lowest BCUT2D eigenvalue weighted by molar-refractivity contribution is -0.279. The van der Waals surface area contributed by atoms with Crippen LogP contribution in [0, 0.1) is 23.7 Å². The van der Waals surface area contributed by atoms with Gasteiger partial charge in [-0.15, -0.1) is 0 Å². The quantitative estimate of drug-likeness (QED) is 0.560. The summed E-state index contributed by atoms with van der Waals surface area (Å²) in [6, 6.07) is -0.0720. The second-order valence-corrected chi connectivity index (χ2v) is 11.2. The molecule has 2 heterocycles. The van der Waals surface area contributed by atoms with Gasteiger partial charge in [0.05, 0.1) is 12.2 Å². The SMILES string of the molecule is CCC1OC(=O)CCC(C)C(OC2OC(C)CC(N(C)C)C2O)C(C)CC(C)C(=O)C=CC=CC1C. The number of ketones is 1. The van der Waals surface area contributed by atoms with E-state index >= 15 is 0 Å². The van der Waals surface area contributed by atoms with Crippen LogP contribution in [0.2, 0.25) is 0 Å². The lowest BCUT2D eigenvalue weighted by Crippen LogP contribution is -2.55. The van der Waals surface area contributed by atoms with E-state index in [-0.39, 0.29) is 59.8 Å². The van der Waals surface area contributed by atoms with Crippen molar-refractivity contribution in [2.45, 2.75) is 110 Å². The first-order valence-corrected chi connectivity index (χ1v) is 13.7. The molecule has 0 amide bonds. The largest absolute Gasteiger partial charge is 0.462 e. The molecule has 0 aromatic rings. The molecule has 0 aromatic heterocycles. The maximum atomic E-state index is 12.8. The molecular weight excluding hydrogens is 458 g/mol. The van der Waals surface area contributed by atoms with Crippen LogP contribution in [-0.4, -0.2) is 72.6 Å². The molecule has 0 spiro atoms. The van der Waals surface area contributed by atoms with Gasteiger partial charge in [-0.2, -0.15) is 0 Å². The van der Waals surface area contributed by atoms with Crippen molar-refractivity contribution >= 4 is 11.8 Å². The molecule has 0 saturated carbocycles. The number of nitrogens with zero attached hydrogens (tertiary/aromatic N) is 1. The molecule has 7 heteroatoms. The van der Waals surface area contributed by atoms with Gasteiger partial charge in [-0.1, -0.05) is 52.8 Å². The monoisotopic (exact) mass is 507 g/mol. The van der Waals surface area contributed by atoms with Crippen LogP contribution in [0.5, 0.6) is 0 Å². The van der Waals surface area contributed by atoms with Crippen molar-refractivity contribution in [3.63, 3.8) is 0 Å². The van der Waals surface area contributed by atoms with Gasteiger partial charge in [-0.25, -0.2) is 0 Å². The van der Waals surface area contributed by atoms with Crippen molar-refractivity contribution in [1.82, 2.24) is 4.90 Å². The van der Waals surface area contributed by atoms with Gasteiger partial charge < -0.3 is 24.2 Å². The number of esters is 1. The van der Waals surface area contributed by atoms with Gasteiger partial charge in [0.1, 0.15) is 12.2 Å². The highest BCUT2D eigenvalue weighted by molar-refractivity contribution is 5.91. The first-order chi connectivity index (χ1) is 16.9. The zero-order valence-corrected chi connectivity index (χ0v) is 23.6. The molecule has 2 rings (SSSR count). The first-order valence-electron chi connectivity index (χ1n) is 13.7. The highest BCUT2D eigenvalue weighted by Gasteiger charge is 2.41. The number of aliphatic hydroxyl groups is 1. The summed E-state index contributed by atoms with van der Waals surface area (Å²) in [4.78, 5) is 27.5. The maximum Gasteiger partial charge on any atom is 0.306 e. The van der Waals surface area contributed by atoms with Crippen LogP contribution in [0.3, 0.4) is 0 Å². The lowest BCUT2D eigenvalue weighted by atomic mass is 9.83. The van der Waals surface area contributed by atoms with Crippen LogP contribution in [0.1, 0.15) is 73.6 Å². The van der Waals surface area contributed by atoms with E-state index in [9.17, 15) is 14.7 Å². The van der Waals surface area contributed by atoms with Gasteiger partial charge >= 0.3 is 5.97 Å². The minimum Gasteiger partial charge on any atom is -0.462 e. The lowest BCUT2D eigenvalue weighted by Gasteiger charge is -2.43. The average Bonchev–Trinajstić information content (AvgIpc) is 2.82. The van der Waals surface area contributed by atoms with Gasteiger partial charge in [0.2, 0.25) is 0 Å². The Morgan fingerprint density at radius 1 is 1.06 bits per heavy atom. The molecule has 0 aromatic carbocycles. The van der Waals surface area contributed by atoms with E-state index in [0.717, 1.165) is 12.8 Å². The minimum absolute atomic E-state index is 0.00142. The molecule has 2 aliphatic heterocycles. The minimum atomic E-state index is -0.790. The fourth-order valence-corrected chi connectivity index (χ4v) is 5.42. The Balaban J connectivity index is 2.28. The van der Waals surface area contributed by atoms with Crippen LogP contribution in [0.4, 0.5) is 0 Å². The Kier molecular flexibility index (Phi) is 12.3. The van der Waals surface area contributed by atoms with Crippen molar-refractivity contribution in [1.29, 1.82) is 0 Å². The fourth-order valence-electron chi connectivity index (χ4n) is 5.42. The van der Waals surface area contributed by atoms with Crippen molar-refractivity contribution in [3.05, 3.63) is 24.3 Å². The smallest absolute Gasteiger partial charge is 0.306 e. The van der Waals surface area contributed by atoms with Crippen LogP contribution >= 0.6 is 0 Å². The third kappa shape index (κ3) is 8.79. The number of ether oxygens (including phenoxy) is 3. The van der Waals surface area contributed by atoms with Gasteiger partial charge in [-0.3, -0.25) is 9.59 Å². The Morgan fingerprint density at radius 3 is 2.39 bits per heavy atom. The number of carbonyl (C=O) groups is 2. The van der Waals surface area contributed by atoms with Gasteiger partial charge in [-0.05, 0) is 64.6 Å². The van der Waals surface area contributed by atoms with Crippen LogP contribution < -0.4 is 0 Å². The summed E-state index contributed by atoms with van der Waals surface area (Å²) < 4.78 is 18.4. The predicted octanol–water partition coefficient (Wildman–Crippen LogP) is 4.53. The number of carbonyl (C=O) groups excluding carboxylic acids is 2. The molecule has 10 unspecified atom stereocenters. The summed E-state index contributed by atoms with van der Waals surface area (Å²) in [6.45, 7) is 12.1. The number of allylic oxidation sites excluding steroid dienone is 3. The molecule has 2 aliphatic rings. The molecular formula is C29H49NO6. The number of hydrogen-bond donors (Lipinski definition) is 1. The molecule has 0 aliphatic carbocycles. The normalized spacial score (nSPS) is 39.8. The predicted molar refractivity (Wildman–Crippen MR) is 141 cm³/mol. The Hall–Kier alpha value is -1.54. The number of likely N-dealkylation sites (N-methyl/N-ethyl adjacent to an activating group) is 1. The van der Waals surface area contributed by atoms with Crippen molar-refractivity contribution in [2.24, 2.45) is 23.7 Å². The molecule has 10 atom stereocenters. The maximum absolute atomic E-state index is 12.8. The van der Waals surface area contributed by atoms with Crippen LogP contribution in [0.25, 0.3) is 0 Å².